The molecule has 0 N–H and O–H groups in total. The molecule has 0 heterocycles. The van der Waals surface area contributed by atoms with Crippen LogP contribution in [0, 0.1) is 0 Å². The van der Waals surface area contributed by atoms with E-state index in [-0.39, 0.29) is 5.78 Å². The Morgan fingerprint density at radius 2 is 2.15 bits per heavy atom. The van der Waals surface area contributed by atoms with E-state index in [4.69, 9.17) is 23.2 Å². The van der Waals surface area contributed by atoms with Crippen LogP contribution in [-0.4, -0.2) is 11.7 Å². The van der Waals surface area contributed by atoms with Crippen LogP contribution < -0.4 is 0 Å². The maximum atomic E-state index is 11.2. The van der Waals surface area contributed by atoms with Crippen molar-refractivity contribution in [3.63, 3.8) is 0 Å². The van der Waals surface area contributed by atoms with Gasteiger partial charge in [0, 0.05) is 23.7 Å². The lowest BCUT2D eigenvalue weighted by Gasteiger charge is -1.99. The van der Waals surface area contributed by atoms with Crippen molar-refractivity contribution in [3.05, 3.63) is 34.9 Å². The van der Waals surface area contributed by atoms with Gasteiger partial charge in [-0.2, -0.15) is 0 Å². The van der Waals surface area contributed by atoms with Crippen molar-refractivity contribution in [2.75, 3.05) is 5.88 Å². The molecule has 1 aromatic rings. The van der Waals surface area contributed by atoms with Crippen LogP contribution in [0.3, 0.4) is 0 Å². The van der Waals surface area contributed by atoms with Gasteiger partial charge in [-0.1, -0.05) is 23.7 Å². The van der Waals surface area contributed by atoms with Crippen molar-refractivity contribution in [1.82, 2.24) is 0 Å². The molecule has 0 saturated carbocycles. The van der Waals surface area contributed by atoms with Crippen molar-refractivity contribution in [1.29, 1.82) is 0 Å². The second-order valence-corrected chi connectivity index (χ2v) is 3.60. The third kappa shape index (κ3) is 3.79. The highest BCUT2D eigenvalue weighted by Gasteiger charge is 2.02. The normalized spacial score (nSPS) is 10.0. The van der Waals surface area contributed by atoms with Gasteiger partial charge >= 0.3 is 0 Å². The maximum Gasteiger partial charge on any atom is 0.138 e. The molecule has 0 aliphatic carbocycles. The van der Waals surface area contributed by atoms with E-state index in [0.29, 0.717) is 23.7 Å². The van der Waals surface area contributed by atoms with E-state index in [1.807, 2.05) is 12.1 Å². The summed E-state index contributed by atoms with van der Waals surface area (Å²) in [6.07, 6.45) is 0.849. The zero-order valence-corrected chi connectivity index (χ0v) is 8.61. The van der Waals surface area contributed by atoms with Crippen LogP contribution in [0.4, 0.5) is 0 Å². The fourth-order valence-corrected chi connectivity index (χ4v) is 1.49. The van der Waals surface area contributed by atoms with E-state index in [9.17, 15) is 4.79 Å². The SMILES string of the molecule is O=C(CCCl)Cc1cccc(Cl)c1. The van der Waals surface area contributed by atoms with Crippen molar-refractivity contribution in [2.24, 2.45) is 0 Å². The monoisotopic (exact) mass is 216 g/mol. The predicted octanol–water partition coefficient (Wildman–Crippen LogP) is 3.08. The molecule has 0 saturated heterocycles. The first-order valence-electron chi connectivity index (χ1n) is 4.04. The third-order valence-corrected chi connectivity index (χ3v) is 2.09. The molecule has 3 heteroatoms. The Bertz CT molecular complexity index is 297. The first kappa shape index (κ1) is 10.6. The number of alkyl halides is 1. The van der Waals surface area contributed by atoms with Gasteiger partial charge < -0.3 is 0 Å². The molecular formula is C10H10Cl2O. The lowest BCUT2D eigenvalue weighted by atomic mass is 10.1. The van der Waals surface area contributed by atoms with Gasteiger partial charge in [0.1, 0.15) is 5.78 Å². The quantitative estimate of drug-likeness (QED) is 0.708. The summed E-state index contributed by atoms with van der Waals surface area (Å²) in [4.78, 5) is 11.2. The molecule has 0 amide bonds. The van der Waals surface area contributed by atoms with Gasteiger partial charge in [0.25, 0.3) is 0 Å². The van der Waals surface area contributed by atoms with Crippen LogP contribution >= 0.6 is 23.2 Å². The van der Waals surface area contributed by atoms with E-state index < -0.39 is 0 Å². The Kier molecular flexibility index (Phi) is 4.26. The van der Waals surface area contributed by atoms with Crippen molar-refractivity contribution in [2.45, 2.75) is 12.8 Å². The summed E-state index contributed by atoms with van der Waals surface area (Å²) in [6, 6.07) is 7.31. The van der Waals surface area contributed by atoms with Crippen molar-refractivity contribution >= 4 is 29.0 Å². The molecule has 1 aromatic carbocycles. The highest BCUT2D eigenvalue weighted by Crippen LogP contribution is 2.11. The van der Waals surface area contributed by atoms with E-state index in [0.717, 1.165) is 5.56 Å². The molecule has 0 spiro atoms. The number of hydrogen-bond acceptors (Lipinski definition) is 1. The standard InChI is InChI=1S/C10H10Cl2O/c11-5-4-10(13)7-8-2-1-3-9(12)6-8/h1-3,6H,4-5,7H2. The smallest absolute Gasteiger partial charge is 0.138 e. The first-order valence-corrected chi connectivity index (χ1v) is 4.95. The lowest BCUT2D eigenvalue weighted by molar-refractivity contribution is -0.118. The van der Waals surface area contributed by atoms with Crippen LogP contribution in [0.25, 0.3) is 0 Å². The Hall–Kier alpha value is -0.530. The number of halogens is 2. The molecule has 13 heavy (non-hydrogen) atoms. The molecule has 70 valence electrons. The fraction of sp³-hybridized carbons (Fsp3) is 0.300. The predicted molar refractivity (Wildman–Crippen MR) is 55.5 cm³/mol. The summed E-state index contributed by atoms with van der Waals surface area (Å²) in [6.45, 7) is 0. The highest BCUT2D eigenvalue weighted by atomic mass is 35.5. The maximum absolute atomic E-state index is 11.2. The van der Waals surface area contributed by atoms with Crippen LogP contribution in [0.1, 0.15) is 12.0 Å². The van der Waals surface area contributed by atoms with Gasteiger partial charge in [-0.25, -0.2) is 0 Å². The minimum Gasteiger partial charge on any atom is -0.299 e. The molecule has 1 rings (SSSR count). The molecule has 0 bridgehead atoms. The zero-order valence-electron chi connectivity index (χ0n) is 7.09. The average molecular weight is 217 g/mol. The molecule has 0 radical (unpaired) electrons. The second kappa shape index (κ2) is 5.25. The van der Waals surface area contributed by atoms with E-state index in [2.05, 4.69) is 0 Å². The van der Waals surface area contributed by atoms with Gasteiger partial charge in [-0.15, -0.1) is 11.6 Å². The van der Waals surface area contributed by atoms with Crippen LogP contribution in [0.5, 0.6) is 0 Å². The lowest BCUT2D eigenvalue weighted by Crippen LogP contribution is -2.02. The molecule has 0 aliphatic rings. The zero-order chi connectivity index (χ0) is 9.68. The Balaban J connectivity index is 2.58. The van der Waals surface area contributed by atoms with E-state index >= 15 is 0 Å². The van der Waals surface area contributed by atoms with E-state index in [1.54, 1.807) is 12.1 Å². The van der Waals surface area contributed by atoms with Crippen LogP contribution in [0.15, 0.2) is 24.3 Å². The Morgan fingerprint density at radius 3 is 2.77 bits per heavy atom. The van der Waals surface area contributed by atoms with Crippen molar-refractivity contribution in [3.8, 4) is 0 Å². The second-order valence-electron chi connectivity index (χ2n) is 2.78. The number of carbonyl (C=O) groups is 1. The topological polar surface area (TPSA) is 17.1 Å². The number of Topliss-reactive ketones (excluding diaryl/α,β-unsaturated/α-hetero) is 1. The number of ketones is 1. The molecule has 0 aromatic heterocycles. The van der Waals surface area contributed by atoms with Gasteiger partial charge in [0.2, 0.25) is 0 Å². The Morgan fingerprint density at radius 1 is 1.38 bits per heavy atom. The largest absolute Gasteiger partial charge is 0.299 e. The van der Waals surface area contributed by atoms with Gasteiger partial charge in [-0.3, -0.25) is 4.79 Å². The summed E-state index contributed by atoms with van der Waals surface area (Å²) in [7, 11) is 0. The minimum atomic E-state index is 0.150. The minimum absolute atomic E-state index is 0.150. The summed E-state index contributed by atoms with van der Waals surface area (Å²) in [5.41, 5.74) is 0.947. The summed E-state index contributed by atoms with van der Waals surface area (Å²) in [5, 5.41) is 0.663. The fourth-order valence-electron chi connectivity index (χ4n) is 1.07. The number of rotatable bonds is 4. The first-order chi connectivity index (χ1) is 6.22. The van der Waals surface area contributed by atoms with Gasteiger partial charge in [0.15, 0.2) is 0 Å². The van der Waals surface area contributed by atoms with Gasteiger partial charge in [-0.05, 0) is 17.7 Å². The van der Waals surface area contributed by atoms with Gasteiger partial charge in [0.05, 0.1) is 0 Å². The molecule has 0 aliphatic heterocycles. The average Bonchev–Trinajstić information content (AvgIpc) is 2.04. The Labute approximate surface area is 87.7 Å². The molecule has 0 unspecified atom stereocenters. The summed E-state index contributed by atoms with van der Waals surface area (Å²) in [5.74, 6) is 0.539. The van der Waals surface area contributed by atoms with E-state index in [1.165, 1.54) is 0 Å². The number of hydrogen-bond donors (Lipinski definition) is 0. The number of benzene rings is 1. The molecule has 0 atom stereocenters. The molecular weight excluding hydrogens is 207 g/mol. The number of carbonyl (C=O) groups excluding carboxylic acids is 1. The molecule has 1 nitrogen and oxygen atoms in total. The third-order valence-electron chi connectivity index (χ3n) is 1.66. The molecule has 0 fully saturated rings. The van der Waals surface area contributed by atoms with Crippen LogP contribution in [-0.2, 0) is 11.2 Å². The summed E-state index contributed by atoms with van der Waals surface area (Å²) >= 11 is 11.2. The van der Waals surface area contributed by atoms with Crippen LogP contribution in [0.2, 0.25) is 5.02 Å². The van der Waals surface area contributed by atoms with Crippen molar-refractivity contribution < 1.29 is 4.79 Å². The summed E-state index contributed by atoms with van der Waals surface area (Å²) < 4.78 is 0. The highest BCUT2D eigenvalue weighted by molar-refractivity contribution is 6.30.